The van der Waals surface area contributed by atoms with E-state index in [4.69, 9.17) is 22.1 Å². The number of nitrogens with one attached hydrogen (secondary N) is 2. The van der Waals surface area contributed by atoms with Gasteiger partial charge in [0.1, 0.15) is 17.3 Å². The molecule has 2 atom stereocenters. The fourth-order valence-corrected chi connectivity index (χ4v) is 3.18. The molecule has 0 saturated carbocycles. The summed E-state index contributed by atoms with van der Waals surface area (Å²) in [4.78, 5) is 17.0. The maximum absolute atomic E-state index is 12.6. The number of hydrogen-bond donors (Lipinski definition) is 3. The van der Waals surface area contributed by atoms with Crippen molar-refractivity contribution in [3.63, 3.8) is 0 Å². The molecule has 0 aromatic heterocycles. The molecule has 9 heteroatoms. The number of amides is 1. The Hall–Kier alpha value is -1.99. The van der Waals surface area contributed by atoms with Gasteiger partial charge in [0.2, 0.25) is 0 Å². The number of nitrogens with zero attached hydrogens (tertiary/aromatic N) is 1. The van der Waals surface area contributed by atoms with E-state index in [-0.39, 0.29) is 43.0 Å². The standard InChI is InChI=1S/C22H27ClN4O2.2ClH/c1-3-4-5-20(27-22(28)16-7-9-17(23)10-8-16)25-13-15-6-11-19-18(12-15)26-21(24)14(2)29-19;;/h6-12,14,20,25H,3-5,13H2,1-2H3,(H2,24,26)(H,27,28);2*1H. The van der Waals surface area contributed by atoms with Gasteiger partial charge in [-0.3, -0.25) is 10.1 Å². The van der Waals surface area contributed by atoms with E-state index >= 15 is 0 Å². The molecule has 31 heavy (non-hydrogen) atoms. The molecule has 0 bridgehead atoms. The minimum absolute atomic E-state index is 0. The molecule has 0 aliphatic carbocycles. The van der Waals surface area contributed by atoms with Crippen LogP contribution in [0.4, 0.5) is 5.69 Å². The number of fused-ring (bicyclic) bond motifs is 1. The summed E-state index contributed by atoms with van der Waals surface area (Å²) in [6.07, 6.45) is 2.55. The summed E-state index contributed by atoms with van der Waals surface area (Å²) in [5.41, 5.74) is 8.25. The third kappa shape index (κ3) is 7.58. The minimum Gasteiger partial charge on any atom is -0.481 e. The fourth-order valence-electron chi connectivity index (χ4n) is 3.06. The Kier molecular flexibility index (Phi) is 11.1. The second-order valence-electron chi connectivity index (χ2n) is 7.15. The summed E-state index contributed by atoms with van der Waals surface area (Å²) in [7, 11) is 0. The van der Waals surface area contributed by atoms with Crippen molar-refractivity contribution in [2.75, 3.05) is 0 Å². The lowest BCUT2D eigenvalue weighted by atomic mass is 10.1. The van der Waals surface area contributed by atoms with Gasteiger partial charge in [0.15, 0.2) is 6.10 Å². The molecular formula is C22H29Cl3N4O2. The van der Waals surface area contributed by atoms with Crippen molar-refractivity contribution >= 4 is 53.8 Å². The van der Waals surface area contributed by atoms with Crippen LogP contribution < -0.4 is 21.1 Å². The molecule has 0 spiro atoms. The first kappa shape index (κ1) is 27.0. The van der Waals surface area contributed by atoms with Crippen LogP contribution >= 0.6 is 36.4 Å². The highest BCUT2D eigenvalue weighted by atomic mass is 35.5. The normalized spacial score (nSPS) is 15.3. The number of ether oxygens (including phenoxy) is 1. The average Bonchev–Trinajstić information content (AvgIpc) is 2.71. The number of aliphatic imine (C=N–C) groups is 1. The second kappa shape index (κ2) is 12.8. The molecule has 170 valence electrons. The average molecular weight is 488 g/mol. The molecule has 1 aliphatic rings. The smallest absolute Gasteiger partial charge is 0.252 e. The van der Waals surface area contributed by atoms with Gasteiger partial charge in [0, 0.05) is 17.1 Å². The molecule has 1 amide bonds. The Morgan fingerprint density at radius 1 is 1.23 bits per heavy atom. The lowest BCUT2D eigenvalue weighted by molar-refractivity contribution is 0.0925. The maximum atomic E-state index is 12.6. The fraction of sp³-hybridized carbons (Fsp3) is 0.364. The number of carbonyl (C=O) groups excluding carboxylic acids is 1. The predicted molar refractivity (Wildman–Crippen MR) is 131 cm³/mol. The van der Waals surface area contributed by atoms with Crippen LogP contribution in [0.3, 0.4) is 0 Å². The van der Waals surface area contributed by atoms with E-state index in [9.17, 15) is 4.79 Å². The van der Waals surface area contributed by atoms with Gasteiger partial charge >= 0.3 is 0 Å². The predicted octanol–water partition coefficient (Wildman–Crippen LogP) is 4.99. The van der Waals surface area contributed by atoms with Crippen molar-refractivity contribution < 1.29 is 9.53 Å². The van der Waals surface area contributed by atoms with E-state index in [1.54, 1.807) is 24.3 Å². The zero-order chi connectivity index (χ0) is 20.8. The number of hydrogen-bond acceptors (Lipinski definition) is 5. The van der Waals surface area contributed by atoms with E-state index in [1.165, 1.54) is 0 Å². The summed E-state index contributed by atoms with van der Waals surface area (Å²) in [5.74, 6) is 1.08. The Morgan fingerprint density at radius 3 is 2.61 bits per heavy atom. The molecule has 1 aliphatic heterocycles. The number of nitrogens with two attached hydrogens (primary N) is 1. The van der Waals surface area contributed by atoms with Gasteiger partial charge in [-0.15, -0.1) is 24.8 Å². The number of halogens is 3. The van der Waals surface area contributed by atoms with Crippen LogP contribution in [-0.4, -0.2) is 24.0 Å². The third-order valence-corrected chi connectivity index (χ3v) is 5.06. The minimum atomic E-state index is -0.215. The monoisotopic (exact) mass is 486 g/mol. The van der Waals surface area contributed by atoms with E-state index in [0.29, 0.717) is 23.0 Å². The summed E-state index contributed by atoms with van der Waals surface area (Å²) in [6, 6.07) is 12.7. The van der Waals surface area contributed by atoms with Crippen LogP contribution in [0.5, 0.6) is 5.75 Å². The molecule has 6 nitrogen and oxygen atoms in total. The van der Waals surface area contributed by atoms with Crippen molar-refractivity contribution in [1.82, 2.24) is 10.6 Å². The van der Waals surface area contributed by atoms with Crippen LogP contribution in [0.1, 0.15) is 49.0 Å². The molecule has 0 saturated heterocycles. The van der Waals surface area contributed by atoms with Gasteiger partial charge in [-0.1, -0.05) is 37.4 Å². The van der Waals surface area contributed by atoms with E-state index in [2.05, 4.69) is 22.5 Å². The van der Waals surface area contributed by atoms with Gasteiger partial charge in [-0.05, 0) is 55.3 Å². The van der Waals surface area contributed by atoms with Crippen molar-refractivity contribution in [3.05, 3.63) is 58.6 Å². The Labute approximate surface area is 200 Å². The van der Waals surface area contributed by atoms with Crippen LogP contribution in [-0.2, 0) is 6.54 Å². The molecular weight excluding hydrogens is 459 g/mol. The lowest BCUT2D eigenvalue weighted by Gasteiger charge is -2.23. The number of unbranched alkanes of at least 4 members (excludes halogenated alkanes) is 1. The maximum Gasteiger partial charge on any atom is 0.252 e. The molecule has 2 aromatic rings. The van der Waals surface area contributed by atoms with Crippen molar-refractivity contribution in [3.8, 4) is 5.75 Å². The van der Waals surface area contributed by atoms with Crippen molar-refractivity contribution in [1.29, 1.82) is 0 Å². The topological polar surface area (TPSA) is 88.7 Å². The van der Waals surface area contributed by atoms with Crippen molar-refractivity contribution in [2.45, 2.75) is 51.9 Å². The zero-order valence-corrected chi connectivity index (χ0v) is 19.9. The molecule has 0 radical (unpaired) electrons. The molecule has 0 fully saturated rings. The van der Waals surface area contributed by atoms with Crippen LogP contribution in [0, 0.1) is 0 Å². The third-order valence-electron chi connectivity index (χ3n) is 4.80. The second-order valence-corrected chi connectivity index (χ2v) is 7.59. The van der Waals surface area contributed by atoms with Gasteiger partial charge in [0.25, 0.3) is 5.91 Å². The highest BCUT2D eigenvalue weighted by Crippen LogP contribution is 2.32. The Morgan fingerprint density at radius 2 is 1.94 bits per heavy atom. The number of amidine groups is 1. The van der Waals surface area contributed by atoms with Gasteiger partial charge < -0.3 is 15.8 Å². The molecule has 1 heterocycles. The summed E-state index contributed by atoms with van der Waals surface area (Å²) >= 11 is 5.91. The van der Waals surface area contributed by atoms with Gasteiger partial charge in [0.05, 0.1) is 6.17 Å². The first-order chi connectivity index (χ1) is 14.0. The molecule has 3 rings (SSSR count). The summed E-state index contributed by atoms with van der Waals surface area (Å²) in [5, 5.41) is 7.11. The highest BCUT2D eigenvalue weighted by Gasteiger charge is 2.19. The zero-order valence-electron chi connectivity index (χ0n) is 17.6. The van der Waals surface area contributed by atoms with E-state index in [0.717, 1.165) is 36.3 Å². The van der Waals surface area contributed by atoms with Gasteiger partial charge in [-0.25, -0.2) is 4.99 Å². The lowest BCUT2D eigenvalue weighted by Crippen LogP contribution is -2.45. The highest BCUT2D eigenvalue weighted by molar-refractivity contribution is 6.30. The van der Waals surface area contributed by atoms with Crippen LogP contribution in [0.2, 0.25) is 5.02 Å². The number of carbonyl (C=O) groups is 1. The SMILES string of the molecule is CCCCC(NCc1ccc2c(c1)N=C(N)C(C)O2)NC(=O)c1ccc(Cl)cc1.Cl.Cl. The molecule has 4 N–H and O–H groups in total. The van der Waals surface area contributed by atoms with Gasteiger partial charge in [-0.2, -0.15) is 0 Å². The summed E-state index contributed by atoms with van der Waals surface area (Å²) < 4.78 is 5.75. The van der Waals surface area contributed by atoms with Crippen LogP contribution in [0.15, 0.2) is 47.5 Å². The van der Waals surface area contributed by atoms with E-state index < -0.39 is 0 Å². The summed E-state index contributed by atoms with van der Waals surface area (Å²) in [6.45, 7) is 4.59. The first-order valence-corrected chi connectivity index (χ1v) is 10.3. The Bertz CT molecular complexity index is 891. The number of benzene rings is 2. The number of rotatable bonds is 8. The first-order valence-electron chi connectivity index (χ1n) is 9.89. The molecule has 2 unspecified atom stereocenters. The molecule has 2 aromatic carbocycles. The van der Waals surface area contributed by atoms with Crippen LogP contribution in [0.25, 0.3) is 0 Å². The van der Waals surface area contributed by atoms with E-state index in [1.807, 2.05) is 25.1 Å². The Balaban J connectivity index is 0.00000240. The van der Waals surface area contributed by atoms with Crippen molar-refractivity contribution in [2.24, 2.45) is 10.7 Å². The largest absolute Gasteiger partial charge is 0.481 e. The quantitative estimate of drug-likeness (QED) is 0.458.